The topological polar surface area (TPSA) is 54.3 Å². The fraction of sp³-hybridized carbons (Fsp3) is 0.308. The first-order valence-electron chi connectivity index (χ1n) is 11.3. The van der Waals surface area contributed by atoms with E-state index < -0.39 is 0 Å². The van der Waals surface area contributed by atoms with Crippen molar-refractivity contribution >= 4 is 51.7 Å². The molecule has 5 nitrogen and oxygen atoms in total. The Kier molecular flexibility index (Phi) is 5.51. The predicted octanol–water partition coefficient (Wildman–Crippen LogP) is 5.36. The summed E-state index contributed by atoms with van der Waals surface area (Å²) in [4.78, 5) is 27.7. The second kappa shape index (κ2) is 8.47. The van der Waals surface area contributed by atoms with Crippen LogP contribution in [0.3, 0.4) is 0 Å². The van der Waals surface area contributed by atoms with E-state index in [4.69, 9.17) is 11.6 Å². The Bertz CT molecular complexity index is 1250. The highest BCUT2D eigenvalue weighted by Gasteiger charge is 2.25. The molecule has 3 heterocycles. The van der Waals surface area contributed by atoms with Crippen LogP contribution in [0.5, 0.6) is 0 Å². The molecule has 0 saturated carbocycles. The van der Waals surface area contributed by atoms with Crippen molar-refractivity contribution in [2.45, 2.75) is 39.2 Å². The molecule has 1 aromatic heterocycles. The van der Waals surface area contributed by atoms with Crippen LogP contribution in [0.2, 0.25) is 5.02 Å². The molecule has 32 heavy (non-hydrogen) atoms. The van der Waals surface area contributed by atoms with Crippen molar-refractivity contribution in [1.29, 1.82) is 0 Å². The molecule has 2 aliphatic rings. The molecule has 164 valence electrons. The van der Waals surface area contributed by atoms with E-state index in [1.54, 1.807) is 12.1 Å². The van der Waals surface area contributed by atoms with Gasteiger partial charge in [-0.05, 0) is 49.5 Å². The average molecular weight is 448 g/mol. The molecule has 0 aliphatic carbocycles. The monoisotopic (exact) mass is 447 g/mol. The Balaban J connectivity index is 1.58. The number of anilines is 1. The summed E-state index contributed by atoms with van der Waals surface area (Å²) < 4.78 is 2.06. The summed E-state index contributed by atoms with van der Waals surface area (Å²) in [5.74, 6) is 0.0181. The first kappa shape index (κ1) is 20.8. The lowest BCUT2D eigenvalue weighted by molar-refractivity contribution is -0.132. The Hall–Kier alpha value is -3.05. The van der Waals surface area contributed by atoms with Gasteiger partial charge in [0.1, 0.15) is 6.54 Å². The lowest BCUT2D eigenvalue weighted by Crippen LogP contribution is -2.37. The number of aromatic nitrogens is 1. The van der Waals surface area contributed by atoms with E-state index in [0.29, 0.717) is 17.1 Å². The van der Waals surface area contributed by atoms with Gasteiger partial charge in [-0.1, -0.05) is 42.8 Å². The molecule has 0 spiro atoms. The van der Waals surface area contributed by atoms with Gasteiger partial charge in [0, 0.05) is 46.4 Å². The molecule has 2 aliphatic heterocycles. The van der Waals surface area contributed by atoms with Crippen molar-refractivity contribution in [3.8, 4) is 0 Å². The second-order valence-electron chi connectivity index (χ2n) is 8.52. The number of halogens is 1. The second-order valence-corrected chi connectivity index (χ2v) is 8.96. The smallest absolute Gasteiger partial charge is 0.256 e. The largest absolute Gasteiger partial charge is 0.341 e. The van der Waals surface area contributed by atoms with E-state index in [0.717, 1.165) is 60.1 Å². The summed E-state index contributed by atoms with van der Waals surface area (Å²) in [6, 6.07) is 11.7. The maximum Gasteiger partial charge on any atom is 0.256 e. The van der Waals surface area contributed by atoms with E-state index in [-0.39, 0.29) is 11.8 Å². The molecule has 2 amide bonds. The molecule has 0 atom stereocenters. The fourth-order valence-corrected chi connectivity index (χ4v) is 5.02. The van der Waals surface area contributed by atoms with Gasteiger partial charge in [0.15, 0.2) is 0 Å². The Morgan fingerprint density at radius 2 is 1.97 bits per heavy atom. The van der Waals surface area contributed by atoms with Crippen molar-refractivity contribution in [3.63, 3.8) is 0 Å². The van der Waals surface area contributed by atoms with Gasteiger partial charge in [-0.3, -0.25) is 9.59 Å². The maximum absolute atomic E-state index is 13.0. The number of aryl methyl sites for hydroxylation is 1. The van der Waals surface area contributed by atoms with Crippen LogP contribution in [0.25, 0.3) is 22.6 Å². The zero-order valence-electron chi connectivity index (χ0n) is 18.2. The van der Waals surface area contributed by atoms with Crippen molar-refractivity contribution in [2.75, 3.05) is 18.4 Å². The summed E-state index contributed by atoms with van der Waals surface area (Å²) in [6.07, 6.45) is 8.17. The quantitative estimate of drug-likeness (QED) is 0.547. The first-order chi connectivity index (χ1) is 15.5. The molecular formula is C26H26ClN3O2. The molecule has 6 heteroatoms. The summed E-state index contributed by atoms with van der Waals surface area (Å²) in [6.45, 7) is 4.13. The number of benzene rings is 2. The molecule has 5 rings (SSSR count). The minimum absolute atomic E-state index is 0.140. The van der Waals surface area contributed by atoms with Gasteiger partial charge < -0.3 is 14.8 Å². The fourth-order valence-electron chi connectivity index (χ4n) is 4.84. The number of carbonyl (C=O) groups is 2. The number of nitrogens with zero attached hydrogens (tertiary/aromatic N) is 2. The minimum Gasteiger partial charge on any atom is -0.341 e. The normalized spacial score (nSPS) is 17.1. The molecule has 1 fully saturated rings. The molecule has 0 bridgehead atoms. The molecular weight excluding hydrogens is 422 g/mol. The van der Waals surface area contributed by atoms with Crippen molar-refractivity contribution in [2.24, 2.45) is 0 Å². The molecule has 1 saturated heterocycles. The van der Waals surface area contributed by atoms with Gasteiger partial charge in [-0.25, -0.2) is 0 Å². The van der Waals surface area contributed by atoms with Crippen molar-refractivity contribution in [1.82, 2.24) is 9.47 Å². The number of nitrogens with one attached hydrogen (secondary N) is 1. The van der Waals surface area contributed by atoms with Gasteiger partial charge in [0.25, 0.3) is 5.91 Å². The molecule has 1 N–H and O–H groups in total. The lowest BCUT2D eigenvalue weighted by atomic mass is 10.0. The average Bonchev–Trinajstić information content (AvgIpc) is 3.31. The van der Waals surface area contributed by atoms with Crippen LogP contribution >= 0.6 is 11.6 Å². The zero-order chi connectivity index (χ0) is 22.2. The molecule has 3 aromatic rings. The van der Waals surface area contributed by atoms with Gasteiger partial charge in [0.05, 0.1) is 11.2 Å². The number of carbonyl (C=O) groups excluding carboxylic acids is 2. The van der Waals surface area contributed by atoms with E-state index in [9.17, 15) is 9.59 Å². The van der Waals surface area contributed by atoms with Crippen LogP contribution in [0.4, 0.5) is 5.69 Å². The van der Waals surface area contributed by atoms with Crippen LogP contribution in [0, 0.1) is 0 Å². The Labute approximate surface area is 192 Å². The lowest BCUT2D eigenvalue weighted by Gasteiger charge is -2.27. The summed E-state index contributed by atoms with van der Waals surface area (Å²) in [7, 11) is 0. The van der Waals surface area contributed by atoms with Crippen LogP contribution in [0.1, 0.15) is 42.9 Å². The van der Waals surface area contributed by atoms with Gasteiger partial charge in [0.2, 0.25) is 5.91 Å². The standard InChI is InChI=1S/C26H26ClN3O2/c1-2-17-7-6-8-20-18(13-22-21-10-9-19(27)14-23(21)28-26(22)32)15-30(25(17)20)16-24(31)29-11-4-3-5-12-29/h6-10,13-15H,2-5,11-12,16H2,1H3,(H,28,32)/b22-13+. The van der Waals surface area contributed by atoms with Gasteiger partial charge >= 0.3 is 0 Å². The van der Waals surface area contributed by atoms with E-state index in [2.05, 4.69) is 28.9 Å². The highest BCUT2D eigenvalue weighted by Crippen LogP contribution is 2.36. The number of fused-ring (bicyclic) bond motifs is 2. The van der Waals surface area contributed by atoms with Crippen molar-refractivity contribution < 1.29 is 9.59 Å². The third-order valence-electron chi connectivity index (χ3n) is 6.47. The van der Waals surface area contributed by atoms with Crippen LogP contribution in [-0.4, -0.2) is 34.4 Å². The number of rotatable bonds is 4. The maximum atomic E-state index is 13.0. The predicted molar refractivity (Wildman–Crippen MR) is 130 cm³/mol. The molecule has 0 unspecified atom stereocenters. The number of piperidine rings is 1. The first-order valence-corrected chi connectivity index (χ1v) is 11.6. The number of amides is 2. The number of hydrogen-bond donors (Lipinski definition) is 1. The van der Waals surface area contributed by atoms with E-state index in [1.807, 2.05) is 29.3 Å². The number of hydrogen-bond acceptors (Lipinski definition) is 2. The Morgan fingerprint density at radius 1 is 1.16 bits per heavy atom. The minimum atomic E-state index is -0.140. The van der Waals surface area contributed by atoms with E-state index >= 15 is 0 Å². The van der Waals surface area contributed by atoms with E-state index in [1.165, 1.54) is 12.0 Å². The van der Waals surface area contributed by atoms with Gasteiger partial charge in [-0.15, -0.1) is 0 Å². The number of para-hydroxylation sites is 1. The van der Waals surface area contributed by atoms with Crippen molar-refractivity contribution in [3.05, 3.63) is 64.3 Å². The third kappa shape index (κ3) is 3.71. The SMILES string of the molecule is CCc1cccc2c(/C=C3/C(=O)Nc4cc(Cl)ccc43)cn(CC(=O)N3CCCCC3)c12. The summed E-state index contributed by atoms with van der Waals surface area (Å²) in [5, 5.41) is 4.54. The highest BCUT2D eigenvalue weighted by molar-refractivity contribution is 6.37. The molecule has 2 aromatic carbocycles. The Morgan fingerprint density at radius 3 is 2.75 bits per heavy atom. The summed E-state index contributed by atoms with van der Waals surface area (Å²) in [5.41, 5.74) is 5.39. The molecule has 0 radical (unpaired) electrons. The van der Waals surface area contributed by atoms with Gasteiger partial charge in [-0.2, -0.15) is 0 Å². The van der Waals surface area contributed by atoms with Crippen LogP contribution in [0.15, 0.2) is 42.6 Å². The zero-order valence-corrected chi connectivity index (χ0v) is 18.9. The van der Waals surface area contributed by atoms with Crippen LogP contribution in [-0.2, 0) is 22.6 Å². The van der Waals surface area contributed by atoms with Crippen LogP contribution < -0.4 is 5.32 Å². The highest BCUT2D eigenvalue weighted by atomic mass is 35.5. The summed E-state index contributed by atoms with van der Waals surface area (Å²) >= 11 is 6.10. The third-order valence-corrected chi connectivity index (χ3v) is 6.71. The number of likely N-dealkylation sites (tertiary alicyclic amines) is 1.